The quantitative estimate of drug-likeness (QED) is 0.470. The largest absolute Gasteiger partial charge is 0.394 e. The predicted octanol–water partition coefficient (Wildman–Crippen LogP) is -2.95. The number of nitrogens with zero attached hydrogens (tertiary/aromatic N) is 4. The SMILES string of the molecule is C#CCO[C@@H]1[C@H](O)[C@@H](CO)O[C@H]1N1C=NC2C(=O)N=C(N)N=C21. The number of guanidine groups is 1. The predicted molar refractivity (Wildman–Crippen MR) is 78.5 cm³/mol. The van der Waals surface area contributed by atoms with Crippen molar-refractivity contribution in [1.29, 1.82) is 0 Å². The highest BCUT2D eigenvalue weighted by molar-refractivity contribution is 6.21. The Hall–Kier alpha value is -2.32. The number of aliphatic hydroxyl groups is 2. The van der Waals surface area contributed by atoms with Gasteiger partial charge in [-0.3, -0.25) is 14.7 Å². The van der Waals surface area contributed by atoms with Gasteiger partial charge in [0.1, 0.15) is 24.9 Å². The molecule has 0 radical (unpaired) electrons. The van der Waals surface area contributed by atoms with Gasteiger partial charge in [0.15, 0.2) is 18.1 Å². The molecule has 3 aliphatic rings. The Labute approximate surface area is 131 Å². The summed E-state index contributed by atoms with van der Waals surface area (Å²) in [6, 6.07) is -0.899. The fourth-order valence-corrected chi connectivity index (χ4v) is 2.63. The molecule has 0 aromatic rings. The highest BCUT2D eigenvalue weighted by Crippen LogP contribution is 2.29. The number of ether oxygens (including phenoxy) is 2. The Bertz CT molecular complexity index is 639. The summed E-state index contributed by atoms with van der Waals surface area (Å²) in [4.78, 5) is 24.8. The number of carbonyl (C=O) groups excluding carboxylic acids is 1. The number of amidine groups is 1. The van der Waals surface area contributed by atoms with Crippen LogP contribution in [-0.2, 0) is 14.3 Å². The molecule has 0 bridgehead atoms. The van der Waals surface area contributed by atoms with Crippen LogP contribution in [0.5, 0.6) is 0 Å². The number of nitrogens with two attached hydrogens (primary N) is 1. The summed E-state index contributed by atoms with van der Waals surface area (Å²) in [5.41, 5.74) is 5.51. The van der Waals surface area contributed by atoms with Gasteiger partial charge in [-0.25, -0.2) is 0 Å². The topological polar surface area (TPSA) is 142 Å². The van der Waals surface area contributed by atoms with Gasteiger partial charge >= 0.3 is 0 Å². The van der Waals surface area contributed by atoms with E-state index in [4.69, 9.17) is 21.6 Å². The highest BCUT2D eigenvalue weighted by atomic mass is 16.6. The molecule has 0 aromatic heterocycles. The molecule has 10 heteroatoms. The van der Waals surface area contributed by atoms with Crippen LogP contribution < -0.4 is 5.73 Å². The van der Waals surface area contributed by atoms with Crippen LogP contribution in [0, 0.1) is 12.3 Å². The first kappa shape index (κ1) is 15.6. The van der Waals surface area contributed by atoms with Crippen molar-refractivity contribution < 1.29 is 24.5 Å². The second kappa shape index (κ2) is 6.05. The zero-order chi connectivity index (χ0) is 16.6. The lowest BCUT2D eigenvalue weighted by Gasteiger charge is -2.29. The van der Waals surface area contributed by atoms with Crippen LogP contribution in [0.3, 0.4) is 0 Å². The highest BCUT2D eigenvalue weighted by Gasteiger charge is 2.50. The van der Waals surface area contributed by atoms with E-state index in [1.165, 1.54) is 11.2 Å². The molecule has 10 nitrogen and oxygen atoms in total. The Balaban J connectivity index is 1.87. The summed E-state index contributed by atoms with van der Waals surface area (Å²) in [6.45, 7) is -0.458. The first-order valence-electron chi connectivity index (χ1n) is 6.84. The molecule has 0 spiro atoms. The standard InChI is InChI=1S/C13H15N5O5/c1-2-3-22-9-8(20)6(4-19)23-12(9)18-5-15-7-10(18)16-13(14)17-11(7)21/h1,5-9,12,19-20H,3-4H2,(H2,14,17,21)/t6-,7?,8-,9-,12-/m1/s1. The van der Waals surface area contributed by atoms with Crippen LogP contribution in [0.25, 0.3) is 0 Å². The summed E-state index contributed by atoms with van der Waals surface area (Å²) in [7, 11) is 0. The molecule has 1 saturated heterocycles. The lowest BCUT2D eigenvalue weighted by molar-refractivity contribution is -0.117. The molecule has 1 amide bonds. The number of carbonyl (C=O) groups is 1. The van der Waals surface area contributed by atoms with E-state index < -0.39 is 43.1 Å². The Morgan fingerprint density at radius 2 is 2.30 bits per heavy atom. The molecular formula is C13H15N5O5. The van der Waals surface area contributed by atoms with Crippen molar-refractivity contribution >= 4 is 24.0 Å². The molecule has 0 saturated carbocycles. The van der Waals surface area contributed by atoms with Gasteiger partial charge in [0, 0.05) is 0 Å². The van der Waals surface area contributed by atoms with E-state index in [1.807, 2.05) is 0 Å². The summed E-state index contributed by atoms with van der Waals surface area (Å²) >= 11 is 0. The smallest absolute Gasteiger partial charge is 0.281 e. The molecular weight excluding hydrogens is 306 g/mol. The zero-order valence-corrected chi connectivity index (χ0v) is 11.9. The van der Waals surface area contributed by atoms with Crippen molar-refractivity contribution in [2.45, 2.75) is 30.6 Å². The number of amides is 1. The third-order valence-corrected chi connectivity index (χ3v) is 3.66. The van der Waals surface area contributed by atoms with E-state index in [0.29, 0.717) is 0 Å². The van der Waals surface area contributed by atoms with Crippen LogP contribution in [-0.4, -0.2) is 82.9 Å². The first-order chi connectivity index (χ1) is 11.1. The van der Waals surface area contributed by atoms with Crippen LogP contribution in [0.15, 0.2) is 15.0 Å². The Kier molecular flexibility index (Phi) is 4.10. The zero-order valence-electron chi connectivity index (χ0n) is 11.9. The molecule has 3 rings (SSSR count). The van der Waals surface area contributed by atoms with E-state index >= 15 is 0 Å². The van der Waals surface area contributed by atoms with Crippen molar-refractivity contribution in [3.8, 4) is 12.3 Å². The number of aliphatic hydroxyl groups excluding tert-OH is 2. The normalized spacial score (nSPS) is 35.8. The van der Waals surface area contributed by atoms with Gasteiger partial charge in [-0.05, 0) is 0 Å². The van der Waals surface area contributed by atoms with Crippen LogP contribution in [0.2, 0.25) is 0 Å². The van der Waals surface area contributed by atoms with Crippen LogP contribution in [0.1, 0.15) is 0 Å². The summed E-state index contributed by atoms with van der Waals surface area (Å²) in [5, 5.41) is 19.5. The maximum Gasteiger partial charge on any atom is 0.281 e. The van der Waals surface area contributed by atoms with Crippen LogP contribution >= 0.6 is 0 Å². The average Bonchev–Trinajstić information content (AvgIpc) is 3.06. The molecule has 0 aliphatic carbocycles. The van der Waals surface area contributed by atoms with E-state index in [1.54, 1.807) is 0 Å². The number of terminal acetylenes is 1. The maximum absolute atomic E-state index is 11.8. The van der Waals surface area contributed by atoms with Crippen molar-refractivity contribution in [3.05, 3.63) is 0 Å². The van der Waals surface area contributed by atoms with E-state index in [-0.39, 0.29) is 18.4 Å². The van der Waals surface area contributed by atoms with E-state index in [0.717, 1.165) is 0 Å². The Morgan fingerprint density at radius 3 is 3.00 bits per heavy atom. The van der Waals surface area contributed by atoms with E-state index in [9.17, 15) is 15.0 Å². The van der Waals surface area contributed by atoms with Gasteiger partial charge < -0.3 is 25.4 Å². The molecule has 23 heavy (non-hydrogen) atoms. The number of aliphatic imine (C=N–C) groups is 3. The minimum atomic E-state index is -1.10. The van der Waals surface area contributed by atoms with E-state index in [2.05, 4.69) is 20.9 Å². The fourth-order valence-electron chi connectivity index (χ4n) is 2.63. The molecule has 1 unspecified atom stereocenters. The minimum absolute atomic E-state index is 0.0524. The van der Waals surface area contributed by atoms with Crippen molar-refractivity contribution in [3.63, 3.8) is 0 Å². The fraction of sp³-hybridized carbons (Fsp3) is 0.538. The maximum atomic E-state index is 11.8. The molecule has 0 aromatic carbocycles. The van der Waals surface area contributed by atoms with Crippen molar-refractivity contribution in [1.82, 2.24) is 4.90 Å². The van der Waals surface area contributed by atoms with Gasteiger partial charge in [-0.1, -0.05) is 5.92 Å². The lowest BCUT2D eigenvalue weighted by Crippen LogP contribution is -2.50. The Morgan fingerprint density at radius 1 is 1.52 bits per heavy atom. The second-order valence-electron chi connectivity index (χ2n) is 5.07. The number of fused-ring (bicyclic) bond motifs is 1. The summed E-state index contributed by atoms with van der Waals surface area (Å²) < 4.78 is 11.0. The number of hydrogen-bond donors (Lipinski definition) is 3. The van der Waals surface area contributed by atoms with Crippen molar-refractivity contribution in [2.75, 3.05) is 13.2 Å². The molecule has 4 N–H and O–H groups in total. The van der Waals surface area contributed by atoms with Gasteiger partial charge in [0.05, 0.1) is 12.9 Å². The third kappa shape index (κ3) is 2.60. The first-order valence-corrected chi connectivity index (χ1v) is 6.84. The molecule has 122 valence electrons. The van der Waals surface area contributed by atoms with Gasteiger partial charge in [-0.15, -0.1) is 6.42 Å². The summed E-state index contributed by atoms with van der Waals surface area (Å²) in [6.07, 6.45) is 2.84. The molecule has 3 heterocycles. The summed E-state index contributed by atoms with van der Waals surface area (Å²) in [5.74, 6) is 1.81. The second-order valence-corrected chi connectivity index (χ2v) is 5.07. The van der Waals surface area contributed by atoms with Crippen molar-refractivity contribution in [2.24, 2.45) is 20.7 Å². The molecule has 3 aliphatic heterocycles. The monoisotopic (exact) mass is 321 g/mol. The lowest BCUT2D eigenvalue weighted by atomic mass is 10.1. The van der Waals surface area contributed by atoms with Gasteiger partial charge in [-0.2, -0.15) is 9.98 Å². The van der Waals surface area contributed by atoms with Crippen LogP contribution in [0.4, 0.5) is 0 Å². The van der Waals surface area contributed by atoms with Gasteiger partial charge in [0.25, 0.3) is 5.91 Å². The third-order valence-electron chi connectivity index (χ3n) is 3.66. The molecule has 5 atom stereocenters. The minimum Gasteiger partial charge on any atom is -0.394 e. The molecule has 1 fully saturated rings. The number of hydrogen-bond acceptors (Lipinski definition) is 9. The number of rotatable bonds is 4. The average molecular weight is 321 g/mol. The van der Waals surface area contributed by atoms with Gasteiger partial charge in [0.2, 0.25) is 5.96 Å².